The second-order valence-corrected chi connectivity index (χ2v) is 8.16. The molecule has 0 aliphatic carbocycles. The van der Waals surface area contributed by atoms with Gasteiger partial charge in [0.1, 0.15) is 5.60 Å². The Morgan fingerprint density at radius 2 is 1.81 bits per heavy atom. The fourth-order valence-corrected chi connectivity index (χ4v) is 5.02. The van der Waals surface area contributed by atoms with Crippen LogP contribution in [0, 0.1) is 0 Å². The lowest BCUT2D eigenvalue weighted by atomic mass is 9.82. The van der Waals surface area contributed by atoms with Gasteiger partial charge in [-0.3, -0.25) is 0 Å². The third kappa shape index (κ3) is 3.14. The van der Waals surface area contributed by atoms with Crippen molar-refractivity contribution in [2.45, 2.75) is 69.6 Å². The topological polar surface area (TPSA) is 29.5 Å². The molecule has 2 fully saturated rings. The molecule has 0 spiro atoms. The van der Waals surface area contributed by atoms with Crippen LogP contribution in [0.3, 0.4) is 0 Å². The van der Waals surface area contributed by atoms with Crippen LogP contribution in [0.5, 0.6) is 0 Å². The number of esters is 1. The van der Waals surface area contributed by atoms with Crippen LogP contribution in [0.4, 0.5) is 0 Å². The molecule has 0 amide bonds. The smallest absolute Gasteiger partial charge is 0.339 e. The van der Waals surface area contributed by atoms with E-state index in [1.807, 2.05) is 30.3 Å². The van der Waals surface area contributed by atoms with Gasteiger partial charge in [-0.2, -0.15) is 0 Å². The number of carbonyl (C=O) groups is 1. The van der Waals surface area contributed by atoms with Crippen LogP contribution in [0.25, 0.3) is 10.8 Å². The first-order valence-electron chi connectivity index (χ1n) is 10.0. The maximum absolute atomic E-state index is 13.2. The van der Waals surface area contributed by atoms with Crippen LogP contribution in [0.15, 0.2) is 42.5 Å². The second kappa shape index (κ2) is 7.03. The number of carbonyl (C=O) groups excluding carboxylic acids is 1. The summed E-state index contributed by atoms with van der Waals surface area (Å²) in [6, 6.07) is 15.1. The number of hydrogen-bond donors (Lipinski definition) is 0. The molecule has 0 aromatic heterocycles. The van der Waals surface area contributed by atoms with E-state index in [0.717, 1.165) is 42.9 Å². The number of rotatable bonds is 5. The van der Waals surface area contributed by atoms with Gasteiger partial charge in [-0.15, -0.1) is 0 Å². The lowest BCUT2D eigenvalue weighted by Crippen LogP contribution is -2.51. The highest BCUT2D eigenvalue weighted by atomic mass is 16.6. The van der Waals surface area contributed by atoms with Gasteiger partial charge < -0.3 is 9.64 Å². The summed E-state index contributed by atoms with van der Waals surface area (Å²) in [5.41, 5.74) is 0.410. The normalized spacial score (nSPS) is 28.4. The summed E-state index contributed by atoms with van der Waals surface area (Å²) < 4.78 is 6.34. The maximum Gasteiger partial charge on any atom is 0.339 e. The zero-order chi connectivity index (χ0) is 18.1. The predicted octanol–water partition coefficient (Wildman–Crippen LogP) is 5.18. The number of benzene rings is 2. The number of piperidine rings is 1. The molecule has 26 heavy (non-hydrogen) atoms. The van der Waals surface area contributed by atoms with Gasteiger partial charge in [0.05, 0.1) is 5.56 Å². The number of ether oxygens (including phenoxy) is 1. The number of unbranched alkanes of at least 4 members (excludes halogenated alkanes) is 1. The van der Waals surface area contributed by atoms with Crippen molar-refractivity contribution < 1.29 is 9.53 Å². The van der Waals surface area contributed by atoms with Crippen molar-refractivity contribution in [2.75, 3.05) is 7.05 Å². The molecule has 1 unspecified atom stereocenters. The molecule has 2 aromatic carbocycles. The second-order valence-electron chi connectivity index (χ2n) is 8.16. The van der Waals surface area contributed by atoms with Gasteiger partial charge in [0.15, 0.2) is 0 Å². The van der Waals surface area contributed by atoms with E-state index in [9.17, 15) is 4.79 Å². The van der Waals surface area contributed by atoms with Crippen LogP contribution in [-0.2, 0) is 4.74 Å². The quantitative estimate of drug-likeness (QED) is 0.695. The largest absolute Gasteiger partial charge is 0.455 e. The van der Waals surface area contributed by atoms with E-state index in [-0.39, 0.29) is 11.6 Å². The molecule has 3 nitrogen and oxygen atoms in total. The van der Waals surface area contributed by atoms with Crippen molar-refractivity contribution >= 4 is 16.7 Å². The Morgan fingerprint density at radius 1 is 1.12 bits per heavy atom. The Balaban J connectivity index is 1.62. The summed E-state index contributed by atoms with van der Waals surface area (Å²) >= 11 is 0. The third-order valence-corrected chi connectivity index (χ3v) is 6.51. The third-order valence-electron chi connectivity index (χ3n) is 6.51. The zero-order valence-corrected chi connectivity index (χ0v) is 15.9. The van der Waals surface area contributed by atoms with Crippen molar-refractivity contribution in [2.24, 2.45) is 0 Å². The van der Waals surface area contributed by atoms with E-state index >= 15 is 0 Å². The highest BCUT2D eigenvalue weighted by Gasteiger charge is 2.48. The van der Waals surface area contributed by atoms with Crippen molar-refractivity contribution in [3.63, 3.8) is 0 Å². The Morgan fingerprint density at radius 3 is 2.54 bits per heavy atom. The van der Waals surface area contributed by atoms with Crippen LogP contribution >= 0.6 is 0 Å². The first-order valence-corrected chi connectivity index (χ1v) is 10.0. The van der Waals surface area contributed by atoms with Gasteiger partial charge in [-0.1, -0.05) is 49.7 Å². The molecule has 2 aliphatic rings. The first kappa shape index (κ1) is 17.5. The van der Waals surface area contributed by atoms with Gasteiger partial charge in [0.2, 0.25) is 0 Å². The zero-order valence-electron chi connectivity index (χ0n) is 15.9. The van der Waals surface area contributed by atoms with Gasteiger partial charge in [-0.25, -0.2) is 4.79 Å². The number of fused-ring (bicyclic) bond motifs is 3. The van der Waals surface area contributed by atoms with Gasteiger partial charge in [0, 0.05) is 24.9 Å². The summed E-state index contributed by atoms with van der Waals surface area (Å²) in [5.74, 6) is -0.151. The molecule has 3 atom stereocenters. The van der Waals surface area contributed by atoms with Crippen molar-refractivity contribution in [1.29, 1.82) is 0 Å². The minimum absolute atomic E-state index is 0.151. The predicted molar refractivity (Wildman–Crippen MR) is 105 cm³/mol. The molecule has 0 saturated carbocycles. The summed E-state index contributed by atoms with van der Waals surface area (Å²) in [7, 11) is 2.23. The molecule has 4 rings (SSSR count). The SMILES string of the molecule is CCCCC1(OC(=O)c2cccc3ccccc23)C[C@H]2CC[C@@H](C1)N2C. The summed E-state index contributed by atoms with van der Waals surface area (Å²) in [6.45, 7) is 2.21. The maximum atomic E-state index is 13.2. The highest BCUT2D eigenvalue weighted by Crippen LogP contribution is 2.44. The van der Waals surface area contributed by atoms with Crippen LogP contribution in [-0.4, -0.2) is 35.6 Å². The number of nitrogens with zero attached hydrogens (tertiary/aromatic N) is 1. The van der Waals surface area contributed by atoms with Gasteiger partial charge >= 0.3 is 5.97 Å². The van der Waals surface area contributed by atoms with E-state index in [1.165, 1.54) is 12.8 Å². The standard InChI is InChI=1S/C23H29NO2/c1-3-4-14-23(15-18-12-13-19(16-23)24(18)2)26-22(25)21-11-7-9-17-8-5-6-10-20(17)21/h5-11,18-19H,3-4,12-16H2,1-2H3/t18-,19+,23?. The summed E-state index contributed by atoms with van der Waals surface area (Å²) in [5, 5.41) is 2.08. The minimum atomic E-state index is -0.289. The molecule has 2 heterocycles. The van der Waals surface area contributed by atoms with Crippen LogP contribution < -0.4 is 0 Å². The van der Waals surface area contributed by atoms with Gasteiger partial charge in [0.25, 0.3) is 0 Å². The number of hydrogen-bond acceptors (Lipinski definition) is 3. The molecule has 0 N–H and O–H groups in total. The Kier molecular flexibility index (Phi) is 4.74. The van der Waals surface area contributed by atoms with Crippen molar-refractivity contribution in [3.05, 3.63) is 48.0 Å². The lowest BCUT2D eigenvalue weighted by molar-refractivity contribution is -0.0718. The van der Waals surface area contributed by atoms with Crippen LogP contribution in [0.2, 0.25) is 0 Å². The minimum Gasteiger partial charge on any atom is -0.455 e. The van der Waals surface area contributed by atoms with Crippen LogP contribution in [0.1, 0.15) is 62.2 Å². The average Bonchev–Trinajstić information content (AvgIpc) is 2.88. The van der Waals surface area contributed by atoms with Crippen molar-refractivity contribution in [1.82, 2.24) is 4.90 Å². The lowest BCUT2D eigenvalue weighted by Gasteiger charge is -2.45. The fraction of sp³-hybridized carbons (Fsp3) is 0.522. The highest BCUT2D eigenvalue weighted by molar-refractivity contribution is 6.04. The molecule has 3 heteroatoms. The molecular formula is C23H29NO2. The molecule has 138 valence electrons. The van der Waals surface area contributed by atoms with E-state index in [4.69, 9.17) is 4.74 Å². The Labute approximate surface area is 156 Å². The van der Waals surface area contributed by atoms with E-state index in [0.29, 0.717) is 17.6 Å². The van der Waals surface area contributed by atoms with E-state index in [1.54, 1.807) is 0 Å². The van der Waals surface area contributed by atoms with E-state index < -0.39 is 0 Å². The fourth-order valence-electron chi connectivity index (χ4n) is 5.02. The van der Waals surface area contributed by atoms with Crippen molar-refractivity contribution in [3.8, 4) is 0 Å². The molecule has 2 saturated heterocycles. The molecule has 2 aromatic rings. The molecular weight excluding hydrogens is 322 g/mol. The Bertz CT molecular complexity index is 780. The molecule has 2 bridgehead atoms. The Hall–Kier alpha value is -1.87. The van der Waals surface area contributed by atoms with E-state index in [2.05, 4.69) is 31.0 Å². The first-order chi connectivity index (χ1) is 12.6. The molecule has 0 radical (unpaired) electrons. The average molecular weight is 351 g/mol. The monoisotopic (exact) mass is 351 g/mol. The van der Waals surface area contributed by atoms with Gasteiger partial charge in [-0.05, 0) is 49.6 Å². The summed E-state index contributed by atoms with van der Waals surface area (Å²) in [6.07, 6.45) is 7.68. The summed E-state index contributed by atoms with van der Waals surface area (Å²) in [4.78, 5) is 15.7. The molecule has 2 aliphatic heterocycles.